The molecule has 2 amide bonds. The monoisotopic (exact) mass is 359 g/mol. The Morgan fingerprint density at radius 2 is 1.71 bits per heavy atom. The lowest BCUT2D eigenvalue weighted by Gasteiger charge is -2.40. The molecule has 0 aliphatic heterocycles. The zero-order chi connectivity index (χ0) is 16.9. The van der Waals surface area contributed by atoms with Gasteiger partial charge in [-0.05, 0) is 52.0 Å². The van der Waals surface area contributed by atoms with E-state index in [1.54, 1.807) is 0 Å². The molecule has 2 aliphatic rings. The number of carbonyl (C=O) groups excluding carboxylic acids is 2. The SMILES string of the molecule is CCN(CC)C(=O)C1(NC(=O)[C@@H]2CCC[C@@H]2CN)CCCCC1.Cl. The Bertz CT molecular complexity index is 420. The Balaban J connectivity index is 0.00000288. The van der Waals surface area contributed by atoms with Gasteiger partial charge in [-0.1, -0.05) is 25.7 Å². The van der Waals surface area contributed by atoms with E-state index in [1.165, 1.54) is 0 Å². The molecule has 0 aromatic carbocycles. The zero-order valence-electron chi connectivity index (χ0n) is 15.2. The molecular weight excluding hydrogens is 326 g/mol. The van der Waals surface area contributed by atoms with E-state index in [0.29, 0.717) is 19.6 Å². The van der Waals surface area contributed by atoms with Gasteiger partial charge in [-0.3, -0.25) is 9.59 Å². The predicted octanol–water partition coefficient (Wildman–Crippen LogP) is 2.47. The summed E-state index contributed by atoms with van der Waals surface area (Å²) in [7, 11) is 0. The molecule has 0 aromatic rings. The number of nitrogens with two attached hydrogens (primary N) is 1. The molecule has 2 fully saturated rings. The van der Waals surface area contributed by atoms with Gasteiger partial charge in [0.15, 0.2) is 0 Å². The van der Waals surface area contributed by atoms with Gasteiger partial charge < -0.3 is 16.0 Å². The molecule has 2 saturated carbocycles. The molecule has 0 heterocycles. The topological polar surface area (TPSA) is 75.4 Å². The minimum Gasteiger partial charge on any atom is -0.341 e. The maximum Gasteiger partial charge on any atom is 0.248 e. The lowest BCUT2D eigenvalue weighted by molar-refractivity contribution is -0.144. The highest BCUT2D eigenvalue weighted by Crippen LogP contribution is 2.34. The van der Waals surface area contributed by atoms with E-state index < -0.39 is 5.54 Å². The maximum absolute atomic E-state index is 13.1. The summed E-state index contributed by atoms with van der Waals surface area (Å²) in [5.74, 6) is 0.431. The minimum absolute atomic E-state index is 0. The fraction of sp³-hybridized carbons (Fsp3) is 0.889. The first-order valence-electron chi connectivity index (χ1n) is 9.39. The molecule has 0 aromatic heterocycles. The predicted molar refractivity (Wildman–Crippen MR) is 99.0 cm³/mol. The summed E-state index contributed by atoms with van der Waals surface area (Å²) in [4.78, 5) is 27.8. The van der Waals surface area contributed by atoms with Gasteiger partial charge in [-0.15, -0.1) is 12.4 Å². The number of rotatable bonds is 6. The third-order valence-electron chi connectivity index (χ3n) is 5.83. The van der Waals surface area contributed by atoms with Gasteiger partial charge in [-0.2, -0.15) is 0 Å². The average molecular weight is 360 g/mol. The Hall–Kier alpha value is -0.810. The first kappa shape index (κ1) is 21.2. The third-order valence-corrected chi connectivity index (χ3v) is 5.83. The van der Waals surface area contributed by atoms with Gasteiger partial charge in [0.25, 0.3) is 0 Å². The van der Waals surface area contributed by atoms with Crippen molar-refractivity contribution in [2.45, 2.75) is 70.8 Å². The summed E-state index contributed by atoms with van der Waals surface area (Å²) in [5, 5.41) is 3.20. The number of nitrogens with one attached hydrogen (secondary N) is 1. The third kappa shape index (κ3) is 4.42. The molecular formula is C18H34ClN3O2. The molecule has 24 heavy (non-hydrogen) atoms. The van der Waals surface area contributed by atoms with Gasteiger partial charge in [0.1, 0.15) is 5.54 Å². The second-order valence-corrected chi connectivity index (χ2v) is 7.14. The summed E-state index contributed by atoms with van der Waals surface area (Å²) in [6.07, 6.45) is 7.72. The Morgan fingerprint density at radius 3 is 2.25 bits per heavy atom. The average Bonchev–Trinajstić information content (AvgIpc) is 3.05. The molecule has 0 spiro atoms. The van der Waals surface area contributed by atoms with E-state index >= 15 is 0 Å². The van der Waals surface area contributed by atoms with Crippen LogP contribution in [0.3, 0.4) is 0 Å². The molecule has 0 radical (unpaired) electrons. The summed E-state index contributed by atoms with van der Waals surface area (Å²) < 4.78 is 0. The molecule has 140 valence electrons. The summed E-state index contributed by atoms with van der Waals surface area (Å²) in [6.45, 7) is 5.96. The van der Waals surface area contributed by atoms with Crippen LogP contribution >= 0.6 is 12.4 Å². The maximum atomic E-state index is 13.1. The van der Waals surface area contributed by atoms with Crippen molar-refractivity contribution in [3.63, 3.8) is 0 Å². The zero-order valence-corrected chi connectivity index (χ0v) is 16.0. The van der Waals surface area contributed by atoms with Crippen molar-refractivity contribution in [3.05, 3.63) is 0 Å². The number of halogens is 1. The largest absolute Gasteiger partial charge is 0.341 e. The number of nitrogens with zero attached hydrogens (tertiary/aromatic N) is 1. The first-order valence-corrected chi connectivity index (χ1v) is 9.39. The van der Waals surface area contributed by atoms with Crippen LogP contribution in [0.25, 0.3) is 0 Å². The van der Waals surface area contributed by atoms with Gasteiger partial charge >= 0.3 is 0 Å². The fourth-order valence-corrected chi connectivity index (χ4v) is 4.35. The van der Waals surface area contributed by atoms with Crippen LogP contribution in [-0.2, 0) is 9.59 Å². The van der Waals surface area contributed by atoms with Gasteiger partial charge in [0.2, 0.25) is 11.8 Å². The van der Waals surface area contributed by atoms with Gasteiger partial charge in [-0.25, -0.2) is 0 Å². The number of hydrogen-bond acceptors (Lipinski definition) is 3. The molecule has 6 heteroatoms. The molecule has 2 rings (SSSR count). The van der Waals surface area contributed by atoms with Crippen molar-refractivity contribution < 1.29 is 9.59 Å². The van der Waals surface area contributed by atoms with Crippen LogP contribution in [0.15, 0.2) is 0 Å². The number of hydrogen-bond donors (Lipinski definition) is 2. The lowest BCUT2D eigenvalue weighted by Crippen LogP contribution is -2.61. The molecule has 3 N–H and O–H groups in total. The Morgan fingerprint density at radius 1 is 1.08 bits per heavy atom. The summed E-state index contributed by atoms with van der Waals surface area (Å²) >= 11 is 0. The van der Waals surface area contributed by atoms with E-state index in [1.807, 2.05) is 18.7 Å². The normalized spacial score (nSPS) is 25.6. The second kappa shape index (κ2) is 9.62. The van der Waals surface area contributed by atoms with Crippen LogP contribution in [0.4, 0.5) is 0 Å². The van der Waals surface area contributed by atoms with Crippen LogP contribution < -0.4 is 11.1 Å². The smallest absolute Gasteiger partial charge is 0.248 e. The highest BCUT2D eigenvalue weighted by molar-refractivity contribution is 5.92. The van der Waals surface area contributed by atoms with Gasteiger partial charge in [0.05, 0.1) is 0 Å². The summed E-state index contributed by atoms with van der Waals surface area (Å²) in [5.41, 5.74) is 5.15. The van der Waals surface area contributed by atoms with Crippen LogP contribution in [0.1, 0.15) is 65.2 Å². The number of amides is 2. The van der Waals surface area contributed by atoms with Crippen LogP contribution in [0, 0.1) is 11.8 Å². The molecule has 2 atom stereocenters. The first-order chi connectivity index (χ1) is 11.1. The van der Waals surface area contributed by atoms with Crippen LogP contribution in [-0.4, -0.2) is 41.9 Å². The Kier molecular flexibility index (Phi) is 8.51. The second-order valence-electron chi connectivity index (χ2n) is 7.14. The van der Waals surface area contributed by atoms with E-state index in [4.69, 9.17) is 5.73 Å². The van der Waals surface area contributed by atoms with Crippen molar-refractivity contribution in [2.24, 2.45) is 17.6 Å². The van der Waals surface area contributed by atoms with E-state index in [2.05, 4.69) is 5.32 Å². The van der Waals surface area contributed by atoms with E-state index in [-0.39, 0.29) is 36.1 Å². The lowest BCUT2D eigenvalue weighted by atomic mass is 9.79. The summed E-state index contributed by atoms with van der Waals surface area (Å²) in [6, 6.07) is 0. The highest BCUT2D eigenvalue weighted by Gasteiger charge is 2.44. The van der Waals surface area contributed by atoms with Crippen molar-refractivity contribution in [1.29, 1.82) is 0 Å². The quantitative estimate of drug-likeness (QED) is 0.764. The van der Waals surface area contributed by atoms with Gasteiger partial charge in [0, 0.05) is 19.0 Å². The van der Waals surface area contributed by atoms with Crippen molar-refractivity contribution >= 4 is 24.2 Å². The molecule has 0 unspecified atom stereocenters. The number of carbonyl (C=O) groups is 2. The fourth-order valence-electron chi connectivity index (χ4n) is 4.35. The molecule has 2 aliphatic carbocycles. The van der Waals surface area contributed by atoms with E-state index in [9.17, 15) is 9.59 Å². The standard InChI is InChI=1S/C18H33N3O2.ClH/c1-3-21(4-2)17(23)18(11-6-5-7-12-18)20-16(22)15-10-8-9-14(15)13-19;/h14-15H,3-13,19H2,1-2H3,(H,20,22);1H/t14-,15-;/m1./s1. The van der Waals surface area contributed by atoms with Crippen molar-refractivity contribution in [2.75, 3.05) is 19.6 Å². The van der Waals surface area contributed by atoms with Crippen molar-refractivity contribution in [3.8, 4) is 0 Å². The molecule has 0 bridgehead atoms. The number of likely N-dealkylation sites (N-methyl/N-ethyl adjacent to an activating group) is 1. The van der Waals surface area contributed by atoms with Crippen LogP contribution in [0.5, 0.6) is 0 Å². The van der Waals surface area contributed by atoms with E-state index in [0.717, 1.165) is 51.4 Å². The Labute approximate surface area is 152 Å². The van der Waals surface area contributed by atoms with Crippen LogP contribution in [0.2, 0.25) is 0 Å². The van der Waals surface area contributed by atoms with Crippen molar-refractivity contribution in [1.82, 2.24) is 10.2 Å². The molecule has 5 nitrogen and oxygen atoms in total. The molecule has 0 saturated heterocycles. The highest BCUT2D eigenvalue weighted by atomic mass is 35.5. The minimum atomic E-state index is -0.677.